The molecule has 2 aromatic heterocycles. The van der Waals surface area contributed by atoms with Crippen molar-refractivity contribution in [2.75, 3.05) is 0 Å². The number of hydrogen-bond acceptors (Lipinski definition) is 4. The molecular weight excluding hydrogens is 262 g/mol. The Morgan fingerprint density at radius 1 is 1.50 bits per heavy atom. The largest absolute Gasteiger partial charge is 0.298 e. The predicted molar refractivity (Wildman–Crippen MR) is 77.2 cm³/mol. The second-order valence-corrected chi connectivity index (χ2v) is 7.07. The second kappa shape index (κ2) is 5.05. The van der Waals surface area contributed by atoms with Gasteiger partial charge in [0.2, 0.25) is 0 Å². The molecule has 0 spiro atoms. The zero-order valence-electron chi connectivity index (χ0n) is 10.7. The monoisotopic (exact) mass is 279 g/mol. The van der Waals surface area contributed by atoms with E-state index >= 15 is 0 Å². The molecule has 1 unspecified atom stereocenters. The van der Waals surface area contributed by atoms with Crippen LogP contribution in [0.2, 0.25) is 0 Å². The van der Waals surface area contributed by atoms with Gasteiger partial charge in [0.05, 0.1) is 4.88 Å². The summed E-state index contributed by atoms with van der Waals surface area (Å²) in [6.07, 6.45) is 3.70. The van der Waals surface area contributed by atoms with Crippen molar-refractivity contribution in [3.8, 4) is 10.7 Å². The van der Waals surface area contributed by atoms with E-state index in [4.69, 9.17) is 0 Å². The van der Waals surface area contributed by atoms with E-state index in [0.717, 1.165) is 17.4 Å². The Balaban J connectivity index is 1.95. The SMILES string of the molecule is CCC(C)Sc1nnc(-c2cccs2)n1C1CC1. The second-order valence-electron chi connectivity index (χ2n) is 4.72. The molecule has 0 aromatic carbocycles. The molecule has 0 N–H and O–H groups in total. The lowest BCUT2D eigenvalue weighted by atomic mass is 10.4. The van der Waals surface area contributed by atoms with E-state index in [-0.39, 0.29) is 0 Å². The fourth-order valence-electron chi connectivity index (χ4n) is 1.86. The highest BCUT2D eigenvalue weighted by Gasteiger charge is 2.30. The zero-order valence-corrected chi connectivity index (χ0v) is 12.3. The van der Waals surface area contributed by atoms with Gasteiger partial charge < -0.3 is 0 Å². The highest BCUT2D eigenvalue weighted by molar-refractivity contribution is 7.99. The number of rotatable bonds is 5. The van der Waals surface area contributed by atoms with Crippen molar-refractivity contribution in [1.82, 2.24) is 14.8 Å². The van der Waals surface area contributed by atoms with Crippen molar-refractivity contribution >= 4 is 23.1 Å². The Morgan fingerprint density at radius 3 is 2.94 bits per heavy atom. The molecule has 1 fully saturated rings. The van der Waals surface area contributed by atoms with Gasteiger partial charge in [0, 0.05) is 11.3 Å². The third-order valence-electron chi connectivity index (χ3n) is 3.20. The number of thiophene rings is 1. The minimum Gasteiger partial charge on any atom is -0.298 e. The van der Waals surface area contributed by atoms with E-state index in [0.29, 0.717) is 11.3 Å². The van der Waals surface area contributed by atoms with Crippen LogP contribution in [0, 0.1) is 0 Å². The maximum absolute atomic E-state index is 4.41. The summed E-state index contributed by atoms with van der Waals surface area (Å²) in [5.41, 5.74) is 0. The van der Waals surface area contributed by atoms with Gasteiger partial charge in [0.1, 0.15) is 0 Å². The van der Waals surface area contributed by atoms with Gasteiger partial charge >= 0.3 is 0 Å². The molecule has 1 aliphatic carbocycles. The molecule has 1 aliphatic rings. The van der Waals surface area contributed by atoms with Crippen molar-refractivity contribution in [3.63, 3.8) is 0 Å². The van der Waals surface area contributed by atoms with Crippen molar-refractivity contribution < 1.29 is 0 Å². The standard InChI is InChI=1S/C13H17N3S2/c1-3-9(2)18-13-15-14-12(11-5-4-8-17-11)16(13)10-6-7-10/h4-5,8-10H,3,6-7H2,1-2H3. The molecule has 0 aliphatic heterocycles. The van der Waals surface area contributed by atoms with E-state index < -0.39 is 0 Å². The number of aromatic nitrogens is 3. The summed E-state index contributed by atoms with van der Waals surface area (Å²) in [7, 11) is 0. The first-order chi connectivity index (χ1) is 8.79. The lowest BCUT2D eigenvalue weighted by Gasteiger charge is -2.10. The van der Waals surface area contributed by atoms with Crippen LogP contribution in [0.15, 0.2) is 22.7 Å². The van der Waals surface area contributed by atoms with Gasteiger partial charge in [-0.25, -0.2) is 0 Å². The van der Waals surface area contributed by atoms with Gasteiger partial charge in [-0.1, -0.05) is 31.7 Å². The molecule has 0 saturated heterocycles. The lowest BCUT2D eigenvalue weighted by Crippen LogP contribution is -2.02. The van der Waals surface area contributed by atoms with Gasteiger partial charge in [-0.15, -0.1) is 21.5 Å². The average Bonchev–Trinajstić information content (AvgIpc) is 2.92. The van der Waals surface area contributed by atoms with Crippen LogP contribution in [0.3, 0.4) is 0 Å². The molecular formula is C13H17N3S2. The van der Waals surface area contributed by atoms with Gasteiger partial charge in [0.15, 0.2) is 11.0 Å². The van der Waals surface area contributed by atoms with E-state index in [9.17, 15) is 0 Å². The highest BCUT2D eigenvalue weighted by Crippen LogP contribution is 2.42. The van der Waals surface area contributed by atoms with E-state index in [1.807, 2.05) is 11.8 Å². The Morgan fingerprint density at radius 2 is 2.33 bits per heavy atom. The predicted octanol–water partition coefficient (Wildman–Crippen LogP) is 4.23. The molecule has 2 aromatic rings. The van der Waals surface area contributed by atoms with E-state index in [1.54, 1.807) is 11.3 Å². The maximum atomic E-state index is 4.41. The summed E-state index contributed by atoms with van der Waals surface area (Å²) in [5.74, 6) is 1.05. The Hall–Kier alpha value is -0.810. The smallest absolute Gasteiger partial charge is 0.192 e. The Labute approximate surface area is 116 Å². The van der Waals surface area contributed by atoms with Crippen LogP contribution < -0.4 is 0 Å². The van der Waals surface area contributed by atoms with Gasteiger partial charge in [-0.2, -0.15) is 0 Å². The molecule has 18 heavy (non-hydrogen) atoms. The lowest BCUT2D eigenvalue weighted by molar-refractivity contribution is 0.667. The van der Waals surface area contributed by atoms with Crippen molar-refractivity contribution in [2.24, 2.45) is 0 Å². The van der Waals surface area contributed by atoms with Crippen molar-refractivity contribution in [1.29, 1.82) is 0 Å². The molecule has 1 saturated carbocycles. The fraction of sp³-hybridized carbons (Fsp3) is 0.538. The number of nitrogens with zero attached hydrogens (tertiary/aromatic N) is 3. The zero-order chi connectivity index (χ0) is 12.5. The van der Waals surface area contributed by atoms with Gasteiger partial charge in [-0.3, -0.25) is 4.57 Å². The van der Waals surface area contributed by atoms with Gasteiger partial charge in [0.25, 0.3) is 0 Å². The quantitative estimate of drug-likeness (QED) is 0.767. The summed E-state index contributed by atoms with van der Waals surface area (Å²) >= 11 is 3.59. The Bertz CT molecular complexity index is 514. The summed E-state index contributed by atoms with van der Waals surface area (Å²) in [4.78, 5) is 1.23. The number of hydrogen-bond donors (Lipinski definition) is 0. The molecule has 96 valence electrons. The first-order valence-electron chi connectivity index (χ1n) is 6.45. The molecule has 3 nitrogen and oxygen atoms in total. The van der Waals surface area contributed by atoms with Crippen LogP contribution in [0.5, 0.6) is 0 Å². The first kappa shape index (κ1) is 12.2. The van der Waals surface area contributed by atoms with E-state index in [2.05, 4.69) is 46.1 Å². The summed E-state index contributed by atoms with van der Waals surface area (Å²) < 4.78 is 2.35. The molecule has 3 rings (SSSR count). The molecule has 2 heterocycles. The number of thioether (sulfide) groups is 1. The summed E-state index contributed by atoms with van der Waals surface area (Å²) in [6, 6.07) is 4.84. The molecule has 0 amide bonds. The van der Waals surface area contributed by atoms with Gasteiger partial charge in [-0.05, 0) is 30.7 Å². The first-order valence-corrected chi connectivity index (χ1v) is 8.21. The molecule has 1 atom stereocenters. The third-order valence-corrected chi connectivity index (χ3v) is 5.29. The third kappa shape index (κ3) is 2.34. The molecule has 0 bridgehead atoms. The topological polar surface area (TPSA) is 30.7 Å². The maximum Gasteiger partial charge on any atom is 0.192 e. The fourth-order valence-corrected chi connectivity index (χ4v) is 3.53. The van der Waals surface area contributed by atoms with Crippen LogP contribution in [0.4, 0.5) is 0 Å². The van der Waals surface area contributed by atoms with Crippen LogP contribution >= 0.6 is 23.1 Å². The van der Waals surface area contributed by atoms with Crippen LogP contribution in [0.1, 0.15) is 39.2 Å². The van der Waals surface area contributed by atoms with Crippen LogP contribution in [0.25, 0.3) is 10.7 Å². The normalized spacial score (nSPS) is 17.0. The summed E-state index contributed by atoms with van der Waals surface area (Å²) in [5, 5.41) is 12.6. The minimum absolute atomic E-state index is 0.600. The highest BCUT2D eigenvalue weighted by atomic mass is 32.2. The van der Waals surface area contributed by atoms with Crippen molar-refractivity contribution in [2.45, 2.75) is 49.6 Å². The molecule has 0 radical (unpaired) electrons. The van der Waals surface area contributed by atoms with Crippen molar-refractivity contribution in [3.05, 3.63) is 17.5 Å². The summed E-state index contributed by atoms with van der Waals surface area (Å²) in [6.45, 7) is 4.47. The molecule has 5 heteroatoms. The minimum atomic E-state index is 0.600. The van der Waals surface area contributed by atoms with Crippen LogP contribution in [-0.2, 0) is 0 Å². The van der Waals surface area contributed by atoms with E-state index in [1.165, 1.54) is 17.7 Å². The average molecular weight is 279 g/mol. The van der Waals surface area contributed by atoms with Crippen LogP contribution in [-0.4, -0.2) is 20.0 Å². The Kier molecular flexibility index (Phi) is 3.43.